The molecule has 0 saturated carbocycles. The predicted octanol–water partition coefficient (Wildman–Crippen LogP) is 3.60. The molecule has 1 N–H and O–H groups in total. The number of halogens is 4. The second-order valence-electron chi connectivity index (χ2n) is 3.52. The Bertz CT molecular complexity index is 581. The molecule has 0 spiro atoms. The first-order valence-corrected chi connectivity index (χ1v) is 5.25. The van der Waals surface area contributed by atoms with Crippen molar-refractivity contribution in [2.24, 2.45) is 0 Å². The number of rotatable bonds is 2. The zero-order chi connectivity index (χ0) is 13.3. The lowest BCUT2D eigenvalue weighted by Gasteiger charge is -2.09. The number of hydrogen-bond donors (Lipinski definition) is 1. The second kappa shape index (κ2) is 4.81. The third kappa shape index (κ3) is 2.38. The minimum absolute atomic E-state index is 0.0317. The quantitative estimate of drug-likeness (QED) is 0.671. The van der Waals surface area contributed by atoms with E-state index in [4.69, 9.17) is 11.6 Å². The molecule has 18 heavy (non-hydrogen) atoms. The summed E-state index contributed by atoms with van der Waals surface area (Å²) in [6.45, 7) is 1.64. The molecule has 0 radical (unpaired) electrons. The van der Waals surface area contributed by atoms with Crippen molar-refractivity contribution in [2.45, 2.75) is 6.92 Å². The summed E-state index contributed by atoms with van der Waals surface area (Å²) in [5.74, 6) is -3.79. The lowest BCUT2D eigenvalue weighted by molar-refractivity contribution is 0.448. The van der Waals surface area contributed by atoms with Crippen LogP contribution in [0.5, 0.6) is 0 Å². The molecule has 7 heteroatoms. The summed E-state index contributed by atoms with van der Waals surface area (Å²) in [5, 5.41) is 2.86. The number of nitrogens with one attached hydrogen (secondary N) is 1. The van der Waals surface area contributed by atoms with Gasteiger partial charge in [0.2, 0.25) is 0 Å². The molecule has 0 bridgehead atoms. The average Bonchev–Trinajstić information content (AvgIpc) is 2.32. The van der Waals surface area contributed by atoms with Gasteiger partial charge in [0.25, 0.3) is 0 Å². The Labute approximate surface area is 106 Å². The molecule has 0 aliphatic rings. The van der Waals surface area contributed by atoms with Crippen LogP contribution in [0, 0.1) is 24.4 Å². The summed E-state index contributed by atoms with van der Waals surface area (Å²) in [5.41, 5.74) is 0.550. The molecule has 0 aliphatic heterocycles. The molecule has 1 heterocycles. The summed E-state index contributed by atoms with van der Waals surface area (Å²) in [6.07, 6.45) is 1.20. The Hall–Kier alpha value is -1.82. The molecule has 0 aliphatic carbocycles. The molecule has 0 atom stereocenters. The van der Waals surface area contributed by atoms with Gasteiger partial charge in [0.05, 0.1) is 0 Å². The Morgan fingerprint density at radius 1 is 1.11 bits per heavy atom. The number of aromatic nitrogens is 2. The van der Waals surface area contributed by atoms with Gasteiger partial charge < -0.3 is 5.32 Å². The lowest BCUT2D eigenvalue weighted by Crippen LogP contribution is -2.00. The highest BCUT2D eigenvalue weighted by Gasteiger charge is 2.12. The summed E-state index contributed by atoms with van der Waals surface area (Å²) >= 11 is 5.77. The molecule has 0 fully saturated rings. The van der Waals surface area contributed by atoms with Gasteiger partial charge in [0.1, 0.15) is 17.3 Å². The molecule has 1 aromatic heterocycles. The number of anilines is 2. The molecular weight excluding hydrogens is 267 g/mol. The molecule has 0 saturated heterocycles. The highest BCUT2D eigenvalue weighted by atomic mass is 35.5. The van der Waals surface area contributed by atoms with Gasteiger partial charge in [-0.05, 0) is 6.92 Å². The SMILES string of the molecule is Cc1c(Cl)ncnc1Nc1cc(F)c(F)c(F)c1. The van der Waals surface area contributed by atoms with Gasteiger partial charge in [-0.15, -0.1) is 0 Å². The van der Waals surface area contributed by atoms with Crippen LogP contribution in [-0.4, -0.2) is 9.97 Å². The summed E-state index contributed by atoms with van der Waals surface area (Å²) in [7, 11) is 0. The normalized spacial score (nSPS) is 10.5. The van der Waals surface area contributed by atoms with E-state index < -0.39 is 17.5 Å². The van der Waals surface area contributed by atoms with Crippen molar-refractivity contribution in [3.8, 4) is 0 Å². The summed E-state index contributed by atoms with van der Waals surface area (Å²) in [4.78, 5) is 7.61. The summed E-state index contributed by atoms with van der Waals surface area (Å²) in [6, 6.07) is 1.65. The Kier molecular flexibility index (Phi) is 3.38. The van der Waals surface area contributed by atoms with Crippen LogP contribution in [0.3, 0.4) is 0 Å². The number of nitrogens with zero attached hydrogens (tertiary/aromatic N) is 2. The minimum Gasteiger partial charge on any atom is -0.340 e. The highest BCUT2D eigenvalue weighted by Crippen LogP contribution is 2.24. The van der Waals surface area contributed by atoms with Gasteiger partial charge in [0.15, 0.2) is 17.5 Å². The van der Waals surface area contributed by atoms with E-state index in [1.807, 2.05) is 0 Å². The fourth-order valence-electron chi connectivity index (χ4n) is 1.32. The van der Waals surface area contributed by atoms with Crippen LogP contribution in [0.1, 0.15) is 5.56 Å². The van der Waals surface area contributed by atoms with Crippen molar-refractivity contribution in [3.63, 3.8) is 0 Å². The predicted molar refractivity (Wildman–Crippen MR) is 61.4 cm³/mol. The van der Waals surface area contributed by atoms with Gasteiger partial charge in [-0.3, -0.25) is 0 Å². The lowest BCUT2D eigenvalue weighted by atomic mass is 10.2. The van der Waals surface area contributed by atoms with Gasteiger partial charge >= 0.3 is 0 Å². The average molecular weight is 274 g/mol. The Balaban J connectivity index is 2.37. The van der Waals surface area contributed by atoms with Crippen molar-refractivity contribution < 1.29 is 13.2 Å². The fourth-order valence-corrected chi connectivity index (χ4v) is 1.45. The first-order chi connectivity index (χ1) is 8.49. The van der Waals surface area contributed by atoms with E-state index in [1.54, 1.807) is 6.92 Å². The Morgan fingerprint density at radius 2 is 1.72 bits per heavy atom. The van der Waals surface area contributed by atoms with Gasteiger partial charge in [-0.25, -0.2) is 23.1 Å². The molecule has 2 rings (SSSR count). The monoisotopic (exact) mass is 273 g/mol. The highest BCUT2D eigenvalue weighted by molar-refractivity contribution is 6.30. The van der Waals surface area contributed by atoms with E-state index in [1.165, 1.54) is 6.33 Å². The van der Waals surface area contributed by atoms with Crippen LogP contribution in [0.2, 0.25) is 5.15 Å². The minimum atomic E-state index is -1.52. The van der Waals surface area contributed by atoms with Gasteiger partial charge in [-0.2, -0.15) is 0 Å². The molecular formula is C11H7ClF3N3. The Morgan fingerprint density at radius 3 is 2.33 bits per heavy atom. The van der Waals surface area contributed by atoms with Crippen LogP contribution in [-0.2, 0) is 0 Å². The summed E-state index contributed by atoms with van der Waals surface area (Å²) < 4.78 is 38.8. The molecule has 2 aromatic rings. The topological polar surface area (TPSA) is 37.8 Å². The third-order valence-electron chi connectivity index (χ3n) is 2.27. The van der Waals surface area contributed by atoms with Gasteiger partial charge in [0, 0.05) is 23.4 Å². The van der Waals surface area contributed by atoms with Crippen LogP contribution in [0.15, 0.2) is 18.5 Å². The van der Waals surface area contributed by atoms with E-state index in [9.17, 15) is 13.2 Å². The molecule has 0 unspecified atom stereocenters. The maximum Gasteiger partial charge on any atom is 0.194 e. The maximum absolute atomic E-state index is 13.0. The zero-order valence-electron chi connectivity index (χ0n) is 9.14. The van der Waals surface area contributed by atoms with Crippen LogP contribution in [0.25, 0.3) is 0 Å². The second-order valence-corrected chi connectivity index (χ2v) is 3.87. The van der Waals surface area contributed by atoms with E-state index in [2.05, 4.69) is 15.3 Å². The molecule has 94 valence electrons. The van der Waals surface area contributed by atoms with E-state index in [-0.39, 0.29) is 10.8 Å². The van der Waals surface area contributed by atoms with Gasteiger partial charge in [-0.1, -0.05) is 11.6 Å². The molecule has 1 aromatic carbocycles. The van der Waals surface area contributed by atoms with E-state index in [0.717, 1.165) is 12.1 Å². The first kappa shape index (κ1) is 12.6. The van der Waals surface area contributed by atoms with E-state index >= 15 is 0 Å². The van der Waals surface area contributed by atoms with Crippen molar-refractivity contribution >= 4 is 23.1 Å². The third-order valence-corrected chi connectivity index (χ3v) is 2.65. The van der Waals surface area contributed by atoms with Crippen LogP contribution in [0.4, 0.5) is 24.7 Å². The van der Waals surface area contributed by atoms with Crippen molar-refractivity contribution in [1.82, 2.24) is 9.97 Å². The van der Waals surface area contributed by atoms with Crippen LogP contribution >= 0.6 is 11.6 Å². The number of benzene rings is 1. The number of hydrogen-bond acceptors (Lipinski definition) is 3. The molecule has 0 amide bonds. The molecule has 3 nitrogen and oxygen atoms in total. The standard InChI is InChI=1S/C11H7ClF3N3/c1-5-10(12)16-4-17-11(5)18-6-2-7(13)9(15)8(14)3-6/h2-4H,1H3,(H,16,17,18). The van der Waals surface area contributed by atoms with Crippen molar-refractivity contribution in [3.05, 3.63) is 46.6 Å². The van der Waals surface area contributed by atoms with Crippen molar-refractivity contribution in [1.29, 1.82) is 0 Å². The largest absolute Gasteiger partial charge is 0.340 e. The smallest absolute Gasteiger partial charge is 0.194 e. The fraction of sp³-hybridized carbons (Fsp3) is 0.0909. The maximum atomic E-state index is 13.0. The van der Waals surface area contributed by atoms with E-state index in [0.29, 0.717) is 11.4 Å². The zero-order valence-corrected chi connectivity index (χ0v) is 9.89. The van der Waals surface area contributed by atoms with Crippen molar-refractivity contribution in [2.75, 3.05) is 5.32 Å². The first-order valence-electron chi connectivity index (χ1n) is 4.87. The van der Waals surface area contributed by atoms with Crippen LogP contribution < -0.4 is 5.32 Å².